The van der Waals surface area contributed by atoms with E-state index in [-0.39, 0.29) is 0 Å². The van der Waals surface area contributed by atoms with Crippen molar-refractivity contribution in [3.63, 3.8) is 0 Å². The van der Waals surface area contributed by atoms with Crippen molar-refractivity contribution >= 4 is 24.4 Å². The van der Waals surface area contributed by atoms with Crippen LogP contribution in [0.5, 0.6) is 0 Å². The molecule has 80 valence electrons. The van der Waals surface area contributed by atoms with Gasteiger partial charge >= 0.3 is 0 Å². The molecule has 1 rings (SSSR count). The van der Waals surface area contributed by atoms with Gasteiger partial charge in [0.15, 0.2) is 0 Å². The summed E-state index contributed by atoms with van der Waals surface area (Å²) in [5.74, 6) is 4.49. The Kier molecular flexibility index (Phi) is 4.96. The van der Waals surface area contributed by atoms with Gasteiger partial charge in [-0.2, -0.15) is 12.6 Å². The van der Waals surface area contributed by atoms with Crippen LogP contribution in [0.3, 0.4) is 0 Å². The number of furan rings is 1. The van der Waals surface area contributed by atoms with Crippen LogP contribution in [0.4, 0.5) is 0 Å². The summed E-state index contributed by atoms with van der Waals surface area (Å²) in [6.07, 6.45) is 1.75. The molecule has 0 N–H and O–H groups in total. The molecule has 0 spiro atoms. The number of hydrogen-bond donors (Lipinski definition) is 1. The lowest BCUT2D eigenvalue weighted by atomic mass is 10.0. The third-order valence-corrected chi connectivity index (χ3v) is 4.24. The molecule has 3 heteroatoms. The Morgan fingerprint density at radius 3 is 2.64 bits per heavy atom. The fraction of sp³-hybridized carbons (Fsp3) is 0.636. The van der Waals surface area contributed by atoms with E-state index in [1.807, 2.05) is 24.8 Å². The SMILES string of the molecule is Cc1occc1SCC(CS)C(C)C. The maximum Gasteiger partial charge on any atom is 0.114 e. The molecular formula is C11H18OS2. The minimum absolute atomic E-state index is 0.678. The lowest BCUT2D eigenvalue weighted by molar-refractivity contribution is 0.473. The zero-order valence-electron chi connectivity index (χ0n) is 8.99. The van der Waals surface area contributed by atoms with E-state index in [0.29, 0.717) is 11.8 Å². The molecule has 0 bridgehead atoms. The summed E-state index contributed by atoms with van der Waals surface area (Å²) >= 11 is 6.25. The third-order valence-electron chi connectivity index (χ3n) is 2.44. The highest BCUT2D eigenvalue weighted by Crippen LogP contribution is 2.27. The van der Waals surface area contributed by atoms with Gasteiger partial charge in [-0.3, -0.25) is 0 Å². The molecule has 0 aliphatic carbocycles. The Bertz CT molecular complexity index is 268. The van der Waals surface area contributed by atoms with Crippen molar-refractivity contribution in [2.45, 2.75) is 25.7 Å². The zero-order valence-corrected chi connectivity index (χ0v) is 10.7. The number of aryl methyl sites for hydroxylation is 1. The van der Waals surface area contributed by atoms with Crippen LogP contribution in [-0.2, 0) is 0 Å². The molecule has 0 saturated carbocycles. The molecule has 1 aromatic rings. The summed E-state index contributed by atoms with van der Waals surface area (Å²) in [5.41, 5.74) is 0. The summed E-state index contributed by atoms with van der Waals surface area (Å²) in [5, 5.41) is 0. The number of rotatable bonds is 5. The normalized spacial score (nSPS) is 13.5. The lowest BCUT2D eigenvalue weighted by Crippen LogP contribution is -2.13. The molecule has 0 aliphatic heterocycles. The quantitative estimate of drug-likeness (QED) is 0.609. The number of hydrogen-bond acceptors (Lipinski definition) is 3. The predicted molar refractivity (Wildman–Crippen MR) is 66.4 cm³/mol. The Hall–Kier alpha value is -0.0200. The molecule has 1 nitrogen and oxygen atoms in total. The molecular weight excluding hydrogens is 212 g/mol. The summed E-state index contributed by atoms with van der Waals surface area (Å²) in [6, 6.07) is 2.04. The van der Waals surface area contributed by atoms with Crippen molar-refractivity contribution in [1.82, 2.24) is 0 Å². The number of thioether (sulfide) groups is 1. The summed E-state index contributed by atoms with van der Waals surface area (Å²) < 4.78 is 5.25. The Morgan fingerprint density at radius 2 is 2.21 bits per heavy atom. The second-order valence-electron chi connectivity index (χ2n) is 3.84. The van der Waals surface area contributed by atoms with E-state index in [9.17, 15) is 0 Å². The topological polar surface area (TPSA) is 13.1 Å². The van der Waals surface area contributed by atoms with Crippen LogP contribution in [0.1, 0.15) is 19.6 Å². The van der Waals surface area contributed by atoms with Gasteiger partial charge in [0.25, 0.3) is 0 Å². The highest BCUT2D eigenvalue weighted by atomic mass is 32.2. The van der Waals surface area contributed by atoms with Gasteiger partial charge in [-0.05, 0) is 30.6 Å². The van der Waals surface area contributed by atoms with Gasteiger partial charge in [-0.1, -0.05) is 13.8 Å². The molecule has 1 unspecified atom stereocenters. The first-order chi connectivity index (χ1) is 6.65. The summed E-state index contributed by atoms with van der Waals surface area (Å²) in [6.45, 7) is 6.51. The van der Waals surface area contributed by atoms with Crippen molar-refractivity contribution in [2.24, 2.45) is 11.8 Å². The second-order valence-corrected chi connectivity index (χ2v) is 5.27. The van der Waals surface area contributed by atoms with Gasteiger partial charge < -0.3 is 4.42 Å². The average molecular weight is 230 g/mol. The van der Waals surface area contributed by atoms with Crippen molar-refractivity contribution < 1.29 is 4.42 Å². The van der Waals surface area contributed by atoms with E-state index in [2.05, 4.69) is 26.5 Å². The van der Waals surface area contributed by atoms with Crippen LogP contribution in [0.25, 0.3) is 0 Å². The summed E-state index contributed by atoms with van der Waals surface area (Å²) in [7, 11) is 0. The first-order valence-electron chi connectivity index (χ1n) is 4.93. The standard InChI is InChI=1S/C11H18OS2/c1-8(2)10(6-13)7-14-11-4-5-12-9(11)3/h4-5,8,10,13H,6-7H2,1-3H3. The third kappa shape index (κ3) is 3.28. The fourth-order valence-corrected chi connectivity index (χ4v) is 3.20. The fourth-order valence-electron chi connectivity index (χ4n) is 1.18. The van der Waals surface area contributed by atoms with Gasteiger partial charge in [0, 0.05) is 10.6 Å². The molecule has 1 aromatic heterocycles. The minimum atomic E-state index is 0.678. The van der Waals surface area contributed by atoms with E-state index < -0.39 is 0 Å². The molecule has 0 saturated heterocycles. The van der Waals surface area contributed by atoms with E-state index in [4.69, 9.17) is 4.42 Å². The Balaban J connectivity index is 2.43. The molecule has 14 heavy (non-hydrogen) atoms. The van der Waals surface area contributed by atoms with Crippen molar-refractivity contribution in [3.8, 4) is 0 Å². The van der Waals surface area contributed by atoms with Gasteiger partial charge in [0.1, 0.15) is 5.76 Å². The van der Waals surface area contributed by atoms with E-state index in [1.54, 1.807) is 6.26 Å². The highest BCUT2D eigenvalue weighted by Gasteiger charge is 2.13. The Labute approximate surface area is 96.1 Å². The first-order valence-corrected chi connectivity index (χ1v) is 6.54. The van der Waals surface area contributed by atoms with Crippen LogP contribution in [0, 0.1) is 18.8 Å². The molecule has 0 amide bonds. The van der Waals surface area contributed by atoms with Crippen molar-refractivity contribution in [2.75, 3.05) is 11.5 Å². The largest absolute Gasteiger partial charge is 0.468 e. The molecule has 1 atom stereocenters. The van der Waals surface area contributed by atoms with Gasteiger partial charge in [0.2, 0.25) is 0 Å². The smallest absolute Gasteiger partial charge is 0.114 e. The monoisotopic (exact) mass is 230 g/mol. The van der Waals surface area contributed by atoms with Crippen LogP contribution in [-0.4, -0.2) is 11.5 Å². The molecule has 0 radical (unpaired) electrons. The average Bonchev–Trinajstić information content (AvgIpc) is 2.52. The van der Waals surface area contributed by atoms with Crippen molar-refractivity contribution in [3.05, 3.63) is 18.1 Å². The zero-order chi connectivity index (χ0) is 10.6. The first kappa shape index (κ1) is 12.1. The van der Waals surface area contributed by atoms with Crippen LogP contribution >= 0.6 is 24.4 Å². The molecule has 0 aromatic carbocycles. The molecule has 1 heterocycles. The summed E-state index contributed by atoms with van der Waals surface area (Å²) in [4.78, 5) is 1.26. The maximum atomic E-state index is 5.25. The van der Waals surface area contributed by atoms with Crippen LogP contribution in [0.2, 0.25) is 0 Å². The van der Waals surface area contributed by atoms with E-state index in [1.165, 1.54) is 4.90 Å². The lowest BCUT2D eigenvalue weighted by Gasteiger charge is -2.17. The molecule has 0 aliphatic rings. The predicted octanol–water partition coefficient (Wildman–Crippen LogP) is 3.88. The maximum absolute atomic E-state index is 5.25. The highest BCUT2D eigenvalue weighted by molar-refractivity contribution is 7.99. The second kappa shape index (κ2) is 5.76. The van der Waals surface area contributed by atoms with E-state index >= 15 is 0 Å². The van der Waals surface area contributed by atoms with Crippen molar-refractivity contribution in [1.29, 1.82) is 0 Å². The Morgan fingerprint density at radius 1 is 1.50 bits per heavy atom. The van der Waals surface area contributed by atoms with Crippen LogP contribution in [0.15, 0.2) is 21.6 Å². The van der Waals surface area contributed by atoms with Crippen LogP contribution < -0.4 is 0 Å². The number of thiol groups is 1. The van der Waals surface area contributed by atoms with Gasteiger partial charge in [-0.25, -0.2) is 0 Å². The molecule has 0 fully saturated rings. The minimum Gasteiger partial charge on any atom is -0.468 e. The van der Waals surface area contributed by atoms with Gasteiger partial charge in [0.05, 0.1) is 6.26 Å². The van der Waals surface area contributed by atoms with Gasteiger partial charge in [-0.15, -0.1) is 11.8 Å². The van der Waals surface area contributed by atoms with E-state index in [0.717, 1.165) is 17.3 Å².